The number of aromatic carboxylic acids is 1. The van der Waals surface area contributed by atoms with Crippen molar-refractivity contribution in [1.29, 1.82) is 0 Å². The Morgan fingerprint density at radius 1 is 1.30 bits per heavy atom. The lowest BCUT2D eigenvalue weighted by atomic mass is 10.2. The van der Waals surface area contributed by atoms with Crippen molar-refractivity contribution in [2.24, 2.45) is 5.10 Å². The van der Waals surface area contributed by atoms with Crippen molar-refractivity contribution in [2.75, 3.05) is 5.43 Å². The van der Waals surface area contributed by atoms with Gasteiger partial charge in [0, 0.05) is 5.56 Å². The molecule has 0 amide bonds. The summed E-state index contributed by atoms with van der Waals surface area (Å²) in [4.78, 5) is 10.7. The number of carbonyl (C=O) groups is 1. The number of hydrogen-bond acceptors (Lipinski definition) is 4. The lowest BCUT2D eigenvalue weighted by Crippen LogP contribution is -2.00. The van der Waals surface area contributed by atoms with E-state index < -0.39 is 5.97 Å². The van der Waals surface area contributed by atoms with Crippen LogP contribution in [0.3, 0.4) is 0 Å². The summed E-state index contributed by atoms with van der Waals surface area (Å²) in [6.45, 7) is 1.81. The lowest BCUT2D eigenvalue weighted by Gasteiger charge is -2.03. The van der Waals surface area contributed by atoms with E-state index in [9.17, 15) is 4.79 Å². The van der Waals surface area contributed by atoms with Crippen molar-refractivity contribution in [1.82, 2.24) is 0 Å². The summed E-state index contributed by atoms with van der Waals surface area (Å²) in [5, 5.41) is 13.0. The summed E-state index contributed by atoms with van der Waals surface area (Å²) in [6, 6.07) is 8.04. The second kappa shape index (κ2) is 6.26. The fraction of sp³-hybridized carbons (Fsp3) is 0.0769. The van der Waals surface area contributed by atoms with Gasteiger partial charge in [0.1, 0.15) is 4.34 Å². The van der Waals surface area contributed by atoms with E-state index in [0.29, 0.717) is 20.1 Å². The number of benzene rings is 1. The molecule has 7 heteroatoms. The topological polar surface area (TPSA) is 61.7 Å². The Morgan fingerprint density at radius 2 is 1.95 bits per heavy atom. The van der Waals surface area contributed by atoms with Gasteiger partial charge in [0.2, 0.25) is 0 Å². The Kier molecular flexibility index (Phi) is 4.65. The third kappa shape index (κ3) is 3.50. The molecule has 0 unspecified atom stereocenters. The Labute approximate surface area is 129 Å². The van der Waals surface area contributed by atoms with Crippen LogP contribution in [0, 0.1) is 0 Å². The first kappa shape index (κ1) is 14.8. The summed E-state index contributed by atoms with van der Waals surface area (Å²) in [5.74, 6) is -0.962. The number of rotatable bonds is 4. The molecule has 2 N–H and O–H groups in total. The number of thiophene rings is 1. The second-order valence-electron chi connectivity index (χ2n) is 3.93. The van der Waals surface area contributed by atoms with Gasteiger partial charge >= 0.3 is 5.97 Å². The fourth-order valence-electron chi connectivity index (χ4n) is 1.48. The van der Waals surface area contributed by atoms with Crippen LogP contribution in [0.15, 0.2) is 35.4 Å². The third-order valence-corrected chi connectivity index (χ3v) is 4.02. The van der Waals surface area contributed by atoms with Crippen LogP contribution >= 0.6 is 34.5 Å². The Hall–Kier alpha value is -1.56. The SMILES string of the molecule is C/C(=N\Nc1ccc(C(=O)O)cc1)c1cc(Cl)sc1Cl. The molecule has 2 aromatic rings. The number of carboxylic acid groups (broad SMARTS) is 1. The van der Waals surface area contributed by atoms with Gasteiger partial charge in [0.25, 0.3) is 0 Å². The number of halogens is 2. The van der Waals surface area contributed by atoms with Gasteiger partial charge in [-0.25, -0.2) is 4.79 Å². The Morgan fingerprint density at radius 3 is 2.45 bits per heavy atom. The van der Waals surface area contributed by atoms with E-state index in [1.807, 2.05) is 6.92 Å². The molecule has 0 fully saturated rings. The molecule has 0 aliphatic heterocycles. The first-order valence-electron chi connectivity index (χ1n) is 5.56. The van der Waals surface area contributed by atoms with E-state index in [-0.39, 0.29) is 5.56 Å². The number of hydrogen-bond donors (Lipinski definition) is 2. The highest BCUT2D eigenvalue weighted by Gasteiger charge is 2.08. The average molecular weight is 329 g/mol. The molecule has 0 radical (unpaired) electrons. The molecule has 1 aromatic heterocycles. The highest BCUT2D eigenvalue weighted by molar-refractivity contribution is 7.20. The zero-order valence-corrected chi connectivity index (χ0v) is 12.7. The maximum Gasteiger partial charge on any atom is 0.335 e. The van der Waals surface area contributed by atoms with Gasteiger partial charge in [0.15, 0.2) is 0 Å². The van der Waals surface area contributed by atoms with Crippen molar-refractivity contribution in [3.05, 3.63) is 50.1 Å². The molecular formula is C13H10Cl2N2O2S. The molecule has 0 saturated carbocycles. The van der Waals surface area contributed by atoms with Crippen molar-refractivity contribution in [3.8, 4) is 0 Å². The zero-order chi connectivity index (χ0) is 14.7. The summed E-state index contributed by atoms with van der Waals surface area (Å²) in [7, 11) is 0. The maximum absolute atomic E-state index is 10.7. The molecule has 0 saturated heterocycles. The van der Waals surface area contributed by atoms with Crippen LogP contribution in [0.1, 0.15) is 22.8 Å². The Bertz CT molecular complexity index is 666. The molecule has 4 nitrogen and oxygen atoms in total. The number of nitrogens with zero attached hydrogens (tertiary/aromatic N) is 1. The number of hydrazone groups is 1. The van der Waals surface area contributed by atoms with Crippen molar-refractivity contribution < 1.29 is 9.90 Å². The molecule has 0 atom stereocenters. The average Bonchev–Trinajstić information content (AvgIpc) is 2.75. The van der Waals surface area contributed by atoms with Crippen LogP contribution in [0.2, 0.25) is 8.67 Å². The second-order valence-corrected chi connectivity index (χ2v) is 6.21. The summed E-state index contributed by atoms with van der Waals surface area (Å²) in [6.07, 6.45) is 0. The highest BCUT2D eigenvalue weighted by Crippen LogP contribution is 2.31. The molecule has 2 rings (SSSR count). The van der Waals surface area contributed by atoms with Gasteiger partial charge in [-0.1, -0.05) is 23.2 Å². The van der Waals surface area contributed by atoms with Gasteiger partial charge in [0.05, 0.1) is 21.3 Å². The van der Waals surface area contributed by atoms with Gasteiger partial charge in [-0.05, 0) is 37.3 Å². The normalized spacial score (nSPS) is 11.4. The van der Waals surface area contributed by atoms with Gasteiger partial charge in [-0.3, -0.25) is 5.43 Å². The predicted molar refractivity (Wildman–Crippen MR) is 83.6 cm³/mol. The number of anilines is 1. The first-order valence-corrected chi connectivity index (χ1v) is 7.13. The quantitative estimate of drug-likeness (QED) is 0.637. The van der Waals surface area contributed by atoms with Crippen LogP contribution in [0.4, 0.5) is 5.69 Å². The highest BCUT2D eigenvalue weighted by atomic mass is 35.5. The van der Waals surface area contributed by atoms with Gasteiger partial charge < -0.3 is 5.11 Å². The van der Waals surface area contributed by atoms with Gasteiger partial charge in [-0.15, -0.1) is 11.3 Å². The van der Waals surface area contributed by atoms with E-state index in [4.69, 9.17) is 28.3 Å². The molecule has 0 bridgehead atoms. The zero-order valence-electron chi connectivity index (χ0n) is 10.4. The van der Waals surface area contributed by atoms with E-state index in [2.05, 4.69) is 10.5 Å². The molecule has 0 aliphatic carbocycles. The molecule has 104 valence electrons. The van der Waals surface area contributed by atoms with E-state index >= 15 is 0 Å². The van der Waals surface area contributed by atoms with E-state index in [1.54, 1.807) is 18.2 Å². The summed E-state index contributed by atoms with van der Waals surface area (Å²) in [5.41, 5.74) is 5.23. The number of nitrogens with one attached hydrogen (secondary N) is 1. The Balaban J connectivity index is 2.12. The van der Waals surface area contributed by atoms with Crippen LogP contribution in [-0.4, -0.2) is 16.8 Å². The molecule has 0 spiro atoms. The molecule has 20 heavy (non-hydrogen) atoms. The standard InChI is InChI=1S/C13H10Cl2N2O2S/c1-7(10-6-11(14)20-12(10)15)16-17-9-4-2-8(3-5-9)13(18)19/h2-6,17H,1H3,(H,18,19)/b16-7+. The molecule has 1 heterocycles. The minimum absolute atomic E-state index is 0.226. The fourth-order valence-corrected chi connectivity index (χ4v) is 3.05. The van der Waals surface area contributed by atoms with Crippen molar-refractivity contribution in [3.63, 3.8) is 0 Å². The van der Waals surface area contributed by atoms with Crippen LogP contribution in [0.5, 0.6) is 0 Å². The van der Waals surface area contributed by atoms with Crippen molar-refractivity contribution >= 4 is 51.9 Å². The minimum atomic E-state index is -0.962. The van der Waals surface area contributed by atoms with Crippen LogP contribution in [-0.2, 0) is 0 Å². The summed E-state index contributed by atoms with van der Waals surface area (Å²) >= 11 is 13.2. The number of carboxylic acids is 1. The smallest absolute Gasteiger partial charge is 0.335 e. The molecule has 0 aliphatic rings. The van der Waals surface area contributed by atoms with Crippen LogP contribution < -0.4 is 5.43 Å². The molecular weight excluding hydrogens is 319 g/mol. The van der Waals surface area contributed by atoms with Crippen LogP contribution in [0.25, 0.3) is 0 Å². The largest absolute Gasteiger partial charge is 0.478 e. The monoisotopic (exact) mass is 328 g/mol. The summed E-state index contributed by atoms with van der Waals surface area (Å²) < 4.78 is 1.18. The first-order chi connectivity index (χ1) is 9.47. The van der Waals surface area contributed by atoms with E-state index in [0.717, 1.165) is 5.56 Å². The van der Waals surface area contributed by atoms with Crippen molar-refractivity contribution in [2.45, 2.75) is 6.92 Å². The lowest BCUT2D eigenvalue weighted by molar-refractivity contribution is 0.0697. The van der Waals surface area contributed by atoms with E-state index in [1.165, 1.54) is 23.5 Å². The maximum atomic E-state index is 10.7. The predicted octanol–water partition coefficient (Wildman–Crippen LogP) is 4.59. The third-order valence-electron chi connectivity index (χ3n) is 2.53. The molecule has 1 aromatic carbocycles. The minimum Gasteiger partial charge on any atom is -0.478 e. The van der Waals surface area contributed by atoms with Gasteiger partial charge in [-0.2, -0.15) is 5.10 Å².